The van der Waals surface area contributed by atoms with E-state index in [-0.39, 0.29) is 5.91 Å². The molecule has 19 heavy (non-hydrogen) atoms. The Hall–Kier alpha value is -2.51. The predicted octanol–water partition coefficient (Wildman–Crippen LogP) is -0.00100. The van der Waals surface area contributed by atoms with Crippen molar-refractivity contribution in [3.05, 3.63) is 30.0 Å². The molecule has 0 aliphatic rings. The second-order valence-electron chi connectivity index (χ2n) is 3.85. The van der Waals surface area contributed by atoms with Gasteiger partial charge in [-0.05, 0) is 18.6 Å². The highest BCUT2D eigenvalue weighted by Gasteiger charge is 2.07. The van der Waals surface area contributed by atoms with Gasteiger partial charge in [-0.1, -0.05) is 0 Å². The Labute approximate surface area is 110 Å². The number of hydrogen-bond donors (Lipinski definition) is 3. The molecule has 8 nitrogen and oxygen atoms in total. The van der Waals surface area contributed by atoms with Crippen LogP contribution in [-0.2, 0) is 6.42 Å². The number of nitrogens with one attached hydrogen (secondary N) is 3. The first kappa shape index (κ1) is 12.9. The van der Waals surface area contributed by atoms with E-state index in [2.05, 4.69) is 36.0 Å². The van der Waals surface area contributed by atoms with Gasteiger partial charge in [-0.15, -0.1) is 10.2 Å². The summed E-state index contributed by atoms with van der Waals surface area (Å²) < 4.78 is 0. The van der Waals surface area contributed by atoms with Crippen molar-refractivity contribution in [3.8, 4) is 0 Å². The van der Waals surface area contributed by atoms with Crippen LogP contribution in [-0.4, -0.2) is 44.9 Å². The summed E-state index contributed by atoms with van der Waals surface area (Å²) in [7, 11) is 1.74. The molecule has 0 aliphatic heterocycles. The Morgan fingerprint density at radius 3 is 2.89 bits per heavy atom. The number of aromatic amines is 1. The molecule has 0 bridgehead atoms. The van der Waals surface area contributed by atoms with Crippen LogP contribution in [0.2, 0.25) is 0 Å². The summed E-state index contributed by atoms with van der Waals surface area (Å²) in [6.07, 6.45) is 2.99. The van der Waals surface area contributed by atoms with Gasteiger partial charge in [0.05, 0.1) is 0 Å². The van der Waals surface area contributed by atoms with Crippen molar-refractivity contribution < 1.29 is 4.79 Å². The zero-order valence-electron chi connectivity index (χ0n) is 10.6. The van der Waals surface area contributed by atoms with Gasteiger partial charge < -0.3 is 10.6 Å². The van der Waals surface area contributed by atoms with Gasteiger partial charge in [0.25, 0.3) is 5.91 Å². The molecule has 1 amide bonds. The van der Waals surface area contributed by atoms with Crippen molar-refractivity contribution in [3.63, 3.8) is 0 Å². The van der Waals surface area contributed by atoms with E-state index >= 15 is 0 Å². The fourth-order valence-electron chi connectivity index (χ4n) is 1.49. The first-order valence-corrected chi connectivity index (χ1v) is 5.93. The van der Waals surface area contributed by atoms with Crippen molar-refractivity contribution in [1.82, 2.24) is 30.7 Å². The summed E-state index contributed by atoms with van der Waals surface area (Å²) in [5.41, 5.74) is 0.304. The maximum Gasteiger partial charge on any atom is 0.271 e. The van der Waals surface area contributed by atoms with Crippen molar-refractivity contribution in [1.29, 1.82) is 0 Å². The van der Waals surface area contributed by atoms with Gasteiger partial charge in [-0.2, -0.15) is 5.10 Å². The molecule has 0 spiro atoms. The Kier molecular flexibility index (Phi) is 4.38. The molecule has 2 rings (SSSR count). The Bertz CT molecular complexity index is 508. The number of H-pyrrole nitrogens is 1. The number of amides is 1. The number of anilines is 1. The smallest absolute Gasteiger partial charge is 0.271 e. The third-order valence-corrected chi connectivity index (χ3v) is 2.49. The number of rotatable bonds is 6. The maximum absolute atomic E-state index is 11.7. The molecular formula is C11H15N7O. The first-order chi connectivity index (χ1) is 9.29. The standard InChI is InChI=1S/C11H15N7O/c1-12-9-5-4-8(16-18-9)11(19)13-6-2-3-10-14-7-15-17-10/h4-5,7H,2-3,6H2,1H3,(H,12,18)(H,13,19)(H,14,15,17). The van der Waals surface area contributed by atoms with Crippen LogP contribution in [0.3, 0.4) is 0 Å². The van der Waals surface area contributed by atoms with Crippen LogP contribution in [0, 0.1) is 0 Å². The normalized spacial score (nSPS) is 10.2. The van der Waals surface area contributed by atoms with Gasteiger partial charge in [0.15, 0.2) is 5.69 Å². The SMILES string of the molecule is CNc1ccc(C(=O)NCCCc2ncn[nH]2)nn1. The van der Waals surface area contributed by atoms with Crippen molar-refractivity contribution in [2.24, 2.45) is 0 Å². The molecule has 0 aliphatic carbocycles. The number of nitrogens with zero attached hydrogens (tertiary/aromatic N) is 4. The number of aryl methyl sites for hydroxylation is 1. The van der Waals surface area contributed by atoms with Gasteiger partial charge in [0.2, 0.25) is 0 Å². The lowest BCUT2D eigenvalue weighted by Crippen LogP contribution is -2.26. The van der Waals surface area contributed by atoms with Gasteiger partial charge in [0, 0.05) is 20.0 Å². The topological polar surface area (TPSA) is 108 Å². The third kappa shape index (κ3) is 3.73. The van der Waals surface area contributed by atoms with E-state index in [1.807, 2.05) is 0 Å². The van der Waals surface area contributed by atoms with E-state index < -0.39 is 0 Å². The summed E-state index contributed by atoms with van der Waals surface area (Å²) >= 11 is 0. The zero-order valence-corrected chi connectivity index (χ0v) is 10.6. The zero-order chi connectivity index (χ0) is 13.5. The van der Waals surface area contributed by atoms with Crippen LogP contribution in [0.25, 0.3) is 0 Å². The molecule has 0 atom stereocenters. The van der Waals surface area contributed by atoms with Crippen LogP contribution in [0.5, 0.6) is 0 Å². The average Bonchev–Trinajstić information content (AvgIpc) is 2.96. The minimum absolute atomic E-state index is 0.229. The lowest BCUT2D eigenvalue weighted by atomic mass is 10.3. The van der Waals surface area contributed by atoms with Gasteiger partial charge >= 0.3 is 0 Å². The molecule has 8 heteroatoms. The quantitative estimate of drug-likeness (QED) is 0.631. The molecule has 0 fully saturated rings. The highest BCUT2D eigenvalue weighted by molar-refractivity contribution is 5.92. The monoisotopic (exact) mass is 261 g/mol. The number of hydrogen-bond acceptors (Lipinski definition) is 6. The van der Waals surface area contributed by atoms with E-state index in [0.717, 1.165) is 18.7 Å². The number of aromatic nitrogens is 5. The maximum atomic E-state index is 11.7. The lowest BCUT2D eigenvalue weighted by Gasteiger charge is -2.04. The summed E-state index contributed by atoms with van der Waals surface area (Å²) in [5, 5.41) is 19.8. The Morgan fingerprint density at radius 1 is 1.37 bits per heavy atom. The van der Waals surface area contributed by atoms with Crippen molar-refractivity contribution >= 4 is 11.7 Å². The van der Waals surface area contributed by atoms with Crippen LogP contribution in [0.1, 0.15) is 22.7 Å². The Morgan fingerprint density at radius 2 is 2.26 bits per heavy atom. The second kappa shape index (κ2) is 6.43. The molecular weight excluding hydrogens is 246 g/mol. The van der Waals surface area contributed by atoms with E-state index in [0.29, 0.717) is 18.1 Å². The molecule has 0 saturated carbocycles. The summed E-state index contributed by atoms with van der Waals surface area (Å²) in [5.74, 6) is 1.21. The van der Waals surface area contributed by atoms with Crippen molar-refractivity contribution in [2.75, 3.05) is 18.9 Å². The predicted molar refractivity (Wildman–Crippen MR) is 68.6 cm³/mol. The summed E-state index contributed by atoms with van der Waals surface area (Å²) in [4.78, 5) is 15.7. The van der Waals surface area contributed by atoms with Crippen LogP contribution < -0.4 is 10.6 Å². The molecule has 0 radical (unpaired) electrons. The number of carbonyl (C=O) groups is 1. The van der Waals surface area contributed by atoms with Crippen LogP contribution in [0.4, 0.5) is 5.82 Å². The fraction of sp³-hybridized carbons (Fsp3) is 0.364. The van der Waals surface area contributed by atoms with Gasteiger partial charge in [-0.25, -0.2) is 4.98 Å². The van der Waals surface area contributed by atoms with E-state index in [4.69, 9.17) is 0 Å². The van der Waals surface area contributed by atoms with E-state index in [9.17, 15) is 4.79 Å². The molecule has 3 N–H and O–H groups in total. The average molecular weight is 261 g/mol. The second-order valence-corrected chi connectivity index (χ2v) is 3.85. The first-order valence-electron chi connectivity index (χ1n) is 5.93. The van der Waals surface area contributed by atoms with E-state index in [1.165, 1.54) is 6.33 Å². The molecule has 0 unspecified atom stereocenters. The van der Waals surface area contributed by atoms with Crippen molar-refractivity contribution in [2.45, 2.75) is 12.8 Å². The molecule has 0 saturated heterocycles. The lowest BCUT2D eigenvalue weighted by molar-refractivity contribution is 0.0947. The highest BCUT2D eigenvalue weighted by Crippen LogP contribution is 2.00. The van der Waals surface area contributed by atoms with Crippen LogP contribution in [0.15, 0.2) is 18.5 Å². The van der Waals surface area contributed by atoms with E-state index in [1.54, 1.807) is 19.2 Å². The molecule has 2 aromatic heterocycles. The third-order valence-electron chi connectivity index (χ3n) is 2.49. The Balaban J connectivity index is 1.74. The number of carbonyl (C=O) groups excluding carboxylic acids is 1. The van der Waals surface area contributed by atoms with Crippen LogP contribution >= 0.6 is 0 Å². The minimum Gasteiger partial charge on any atom is -0.372 e. The summed E-state index contributed by atoms with van der Waals surface area (Å²) in [6, 6.07) is 3.33. The largest absolute Gasteiger partial charge is 0.372 e. The fourth-order valence-corrected chi connectivity index (χ4v) is 1.49. The molecule has 2 aromatic rings. The molecule has 2 heterocycles. The van der Waals surface area contributed by atoms with Gasteiger partial charge in [-0.3, -0.25) is 9.89 Å². The summed E-state index contributed by atoms with van der Waals surface area (Å²) in [6.45, 7) is 0.551. The van der Waals surface area contributed by atoms with Gasteiger partial charge in [0.1, 0.15) is 18.0 Å². The highest BCUT2D eigenvalue weighted by atomic mass is 16.1. The minimum atomic E-state index is -0.229. The molecule has 100 valence electrons. The molecule has 0 aromatic carbocycles.